The van der Waals surface area contributed by atoms with E-state index in [1.54, 1.807) is 0 Å². The summed E-state index contributed by atoms with van der Waals surface area (Å²) >= 11 is 0. The van der Waals surface area contributed by atoms with E-state index in [0.29, 0.717) is 0 Å². The summed E-state index contributed by atoms with van der Waals surface area (Å²) in [5.74, 6) is 0. The Morgan fingerprint density at radius 1 is 1.22 bits per heavy atom. The largest absolute Gasteiger partial charge is 0.330 e. The summed E-state index contributed by atoms with van der Waals surface area (Å²) in [5, 5.41) is 0. The van der Waals surface area contributed by atoms with E-state index in [0.717, 1.165) is 19.1 Å². The van der Waals surface area contributed by atoms with Crippen molar-refractivity contribution >= 4 is 0 Å². The molecule has 0 aromatic rings. The molecule has 0 aromatic carbocycles. The van der Waals surface area contributed by atoms with Gasteiger partial charge < -0.3 is 10.6 Å². The lowest BCUT2D eigenvalue weighted by Gasteiger charge is -2.41. The Kier molecular flexibility index (Phi) is 6.61. The van der Waals surface area contributed by atoms with Crippen LogP contribution in [0.3, 0.4) is 0 Å². The van der Waals surface area contributed by atoms with Gasteiger partial charge in [-0.2, -0.15) is 0 Å². The minimum atomic E-state index is 0.247. The van der Waals surface area contributed by atoms with Gasteiger partial charge in [-0.3, -0.25) is 4.90 Å². The first-order valence-electron chi connectivity index (χ1n) is 7.69. The van der Waals surface area contributed by atoms with Crippen LogP contribution in [0.15, 0.2) is 0 Å². The molecule has 3 heteroatoms. The summed E-state index contributed by atoms with van der Waals surface area (Å²) in [6.07, 6.45) is 3.90. The van der Waals surface area contributed by atoms with Crippen LogP contribution < -0.4 is 5.73 Å². The Bertz CT molecular complexity index is 220. The Morgan fingerprint density at radius 3 is 2.28 bits per heavy atom. The zero-order valence-corrected chi connectivity index (χ0v) is 12.9. The van der Waals surface area contributed by atoms with Crippen molar-refractivity contribution in [2.45, 2.75) is 53.0 Å². The number of nitrogens with two attached hydrogens (primary N) is 1. The maximum atomic E-state index is 5.89. The fraction of sp³-hybridized carbons (Fsp3) is 1.00. The Hall–Kier alpha value is -0.120. The molecule has 2 N–H and O–H groups in total. The molecule has 18 heavy (non-hydrogen) atoms. The van der Waals surface area contributed by atoms with Crippen LogP contribution in [0.25, 0.3) is 0 Å². The summed E-state index contributed by atoms with van der Waals surface area (Å²) in [6.45, 7) is 16.0. The molecule has 0 aliphatic carbocycles. The van der Waals surface area contributed by atoms with Gasteiger partial charge in [-0.1, -0.05) is 27.7 Å². The van der Waals surface area contributed by atoms with Gasteiger partial charge in [0.15, 0.2) is 0 Å². The lowest BCUT2D eigenvalue weighted by Crippen LogP contribution is -2.49. The molecule has 0 spiro atoms. The highest BCUT2D eigenvalue weighted by Crippen LogP contribution is 2.22. The first-order valence-corrected chi connectivity index (χ1v) is 7.69. The van der Waals surface area contributed by atoms with Crippen molar-refractivity contribution in [3.8, 4) is 0 Å². The minimum Gasteiger partial charge on any atom is -0.330 e. The standard InChI is InChI=1S/C15H33N3/c1-5-9-18(13-15(3,4)12-16)14-7-10-17(6-2)11-8-14/h14H,5-13,16H2,1-4H3. The smallest absolute Gasteiger partial charge is 0.0120 e. The zero-order valence-electron chi connectivity index (χ0n) is 12.9. The minimum absolute atomic E-state index is 0.247. The second-order valence-corrected chi connectivity index (χ2v) is 6.50. The molecule has 0 amide bonds. The highest BCUT2D eigenvalue weighted by atomic mass is 15.2. The molecule has 1 fully saturated rings. The first-order chi connectivity index (χ1) is 8.52. The van der Waals surface area contributed by atoms with Crippen molar-refractivity contribution in [2.24, 2.45) is 11.1 Å². The van der Waals surface area contributed by atoms with E-state index in [4.69, 9.17) is 5.73 Å². The third-order valence-electron chi connectivity index (χ3n) is 4.22. The number of piperidine rings is 1. The van der Waals surface area contributed by atoms with Crippen LogP contribution in [0.4, 0.5) is 0 Å². The predicted molar refractivity (Wildman–Crippen MR) is 79.8 cm³/mol. The van der Waals surface area contributed by atoms with Crippen molar-refractivity contribution in [3.63, 3.8) is 0 Å². The van der Waals surface area contributed by atoms with Crippen LogP contribution in [-0.4, -0.2) is 55.1 Å². The van der Waals surface area contributed by atoms with Crippen molar-refractivity contribution in [1.29, 1.82) is 0 Å². The fourth-order valence-electron chi connectivity index (χ4n) is 2.89. The molecule has 1 rings (SSSR count). The van der Waals surface area contributed by atoms with Crippen LogP contribution in [-0.2, 0) is 0 Å². The van der Waals surface area contributed by atoms with Crippen molar-refractivity contribution in [1.82, 2.24) is 9.80 Å². The van der Waals surface area contributed by atoms with E-state index in [1.165, 1.54) is 45.4 Å². The molecule has 1 aliphatic rings. The molecule has 1 aliphatic heterocycles. The van der Waals surface area contributed by atoms with Crippen LogP contribution >= 0.6 is 0 Å². The summed E-state index contributed by atoms with van der Waals surface area (Å²) in [7, 11) is 0. The second kappa shape index (κ2) is 7.46. The zero-order chi connectivity index (χ0) is 13.6. The quantitative estimate of drug-likeness (QED) is 0.757. The van der Waals surface area contributed by atoms with Crippen molar-refractivity contribution in [3.05, 3.63) is 0 Å². The molecule has 108 valence electrons. The van der Waals surface area contributed by atoms with Crippen LogP contribution in [0.5, 0.6) is 0 Å². The monoisotopic (exact) mass is 255 g/mol. The molecule has 1 saturated heterocycles. The summed E-state index contributed by atoms with van der Waals surface area (Å²) in [4.78, 5) is 5.26. The van der Waals surface area contributed by atoms with Gasteiger partial charge in [-0.15, -0.1) is 0 Å². The third kappa shape index (κ3) is 4.87. The average Bonchev–Trinajstić information content (AvgIpc) is 2.38. The highest BCUT2D eigenvalue weighted by Gasteiger charge is 2.27. The Balaban J connectivity index is 2.52. The SMILES string of the molecule is CCCN(CC(C)(C)CN)C1CCN(CC)CC1. The molecule has 0 radical (unpaired) electrons. The van der Waals surface area contributed by atoms with Crippen LogP contribution in [0, 0.1) is 5.41 Å². The van der Waals surface area contributed by atoms with E-state index < -0.39 is 0 Å². The van der Waals surface area contributed by atoms with Gasteiger partial charge in [0.05, 0.1) is 0 Å². The first kappa shape index (κ1) is 15.9. The van der Waals surface area contributed by atoms with E-state index in [-0.39, 0.29) is 5.41 Å². The van der Waals surface area contributed by atoms with Gasteiger partial charge in [0.2, 0.25) is 0 Å². The number of nitrogens with zero attached hydrogens (tertiary/aromatic N) is 2. The highest BCUT2D eigenvalue weighted by molar-refractivity contribution is 4.83. The van der Waals surface area contributed by atoms with Gasteiger partial charge >= 0.3 is 0 Å². The molecule has 3 nitrogen and oxygen atoms in total. The van der Waals surface area contributed by atoms with E-state index in [2.05, 4.69) is 37.5 Å². The molecule has 0 atom stereocenters. The van der Waals surface area contributed by atoms with Crippen molar-refractivity contribution in [2.75, 3.05) is 39.3 Å². The number of hydrogen-bond acceptors (Lipinski definition) is 3. The lowest BCUT2D eigenvalue weighted by molar-refractivity contribution is 0.0796. The Morgan fingerprint density at radius 2 is 1.83 bits per heavy atom. The van der Waals surface area contributed by atoms with E-state index in [9.17, 15) is 0 Å². The maximum absolute atomic E-state index is 5.89. The normalized spacial score (nSPS) is 19.7. The molecule has 0 saturated carbocycles. The van der Waals surface area contributed by atoms with Gasteiger partial charge in [0.25, 0.3) is 0 Å². The molecule has 0 aromatic heterocycles. The fourth-order valence-corrected chi connectivity index (χ4v) is 2.89. The molecular weight excluding hydrogens is 222 g/mol. The maximum Gasteiger partial charge on any atom is 0.0120 e. The van der Waals surface area contributed by atoms with Crippen LogP contribution in [0.1, 0.15) is 47.0 Å². The third-order valence-corrected chi connectivity index (χ3v) is 4.22. The number of hydrogen-bond donors (Lipinski definition) is 1. The molecule has 0 bridgehead atoms. The Labute approximate surface area is 114 Å². The molecule has 1 heterocycles. The van der Waals surface area contributed by atoms with Crippen LogP contribution in [0.2, 0.25) is 0 Å². The lowest BCUT2D eigenvalue weighted by atomic mass is 9.91. The summed E-state index contributed by atoms with van der Waals surface area (Å²) < 4.78 is 0. The second-order valence-electron chi connectivity index (χ2n) is 6.50. The topological polar surface area (TPSA) is 32.5 Å². The van der Waals surface area contributed by atoms with Gasteiger partial charge in [-0.25, -0.2) is 0 Å². The summed E-state index contributed by atoms with van der Waals surface area (Å²) in [5.41, 5.74) is 6.14. The van der Waals surface area contributed by atoms with Gasteiger partial charge in [-0.05, 0) is 57.4 Å². The number of rotatable bonds is 7. The van der Waals surface area contributed by atoms with E-state index in [1.807, 2.05) is 0 Å². The molecule has 0 unspecified atom stereocenters. The van der Waals surface area contributed by atoms with Crippen molar-refractivity contribution < 1.29 is 0 Å². The van der Waals surface area contributed by atoms with Gasteiger partial charge in [0, 0.05) is 12.6 Å². The number of likely N-dealkylation sites (tertiary alicyclic amines) is 1. The van der Waals surface area contributed by atoms with E-state index >= 15 is 0 Å². The predicted octanol–water partition coefficient (Wildman–Crippen LogP) is 2.17. The molecular formula is C15H33N3. The average molecular weight is 255 g/mol. The van der Waals surface area contributed by atoms with Gasteiger partial charge in [0.1, 0.15) is 0 Å². The summed E-state index contributed by atoms with van der Waals surface area (Å²) in [6, 6.07) is 0.776.